The number of aliphatic hydroxyl groups excluding tert-OH is 1. The molecule has 18 heavy (non-hydrogen) atoms. The molecule has 4 heteroatoms. The maximum atomic E-state index is 9.53. The van der Waals surface area contributed by atoms with Gasteiger partial charge >= 0.3 is 0 Å². The van der Waals surface area contributed by atoms with E-state index in [9.17, 15) is 5.11 Å². The summed E-state index contributed by atoms with van der Waals surface area (Å²) in [6, 6.07) is 3.93. The zero-order valence-electron chi connectivity index (χ0n) is 10.4. The Morgan fingerprint density at radius 2 is 2.06 bits per heavy atom. The van der Waals surface area contributed by atoms with Gasteiger partial charge in [-0.05, 0) is 44.7 Å². The number of nitrogens with zero attached hydrogens (tertiary/aromatic N) is 1. The Balaban J connectivity index is 1.77. The van der Waals surface area contributed by atoms with Gasteiger partial charge in [-0.3, -0.25) is 0 Å². The third-order valence-corrected chi connectivity index (χ3v) is 4.57. The maximum Gasteiger partial charge on any atom is 0.153 e. The van der Waals surface area contributed by atoms with E-state index in [0.717, 1.165) is 42.9 Å². The first-order valence-corrected chi connectivity index (χ1v) is 7.30. The van der Waals surface area contributed by atoms with E-state index in [0.29, 0.717) is 5.92 Å². The molecule has 2 aromatic rings. The molecule has 0 saturated heterocycles. The summed E-state index contributed by atoms with van der Waals surface area (Å²) in [5.41, 5.74) is 0.939. The Hall–Kier alpha value is -1.13. The normalized spacial score (nSPS) is 24.3. The molecule has 2 heterocycles. The molecule has 0 aromatic carbocycles. The smallest absolute Gasteiger partial charge is 0.153 e. The van der Waals surface area contributed by atoms with Crippen molar-refractivity contribution < 1.29 is 9.52 Å². The van der Waals surface area contributed by atoms with Crippen molar-refractivity contribution in [3.05, 3.63) is 28.3 Å². The number of thiazole rings is 1. The van der Waals surface area contributed by atoms with Gasteiger partial charge in [0.25, 0.3) is 0 Å². The van der Waals surface area contributed by atoms with Crippen LogP contribution in [0.25, 0.3) is 11.5 Å². The van der Waals surface area contributed by atoms with Crippen LogP contribution in [0.5, 0.6) is 0 Å². The molecule has 0 atom stereocenters. The highest BCUT2D eigenvalue weighted by Gasteiger charge is 2.23. The van der Waals surface area contributed by atoms with Crippen molar-refractivity contribution in [3.8, 4) is 11.5 Å². The highest BCUT2D eigenvalue weighted by Crippen LogP contribution is 2.36. The topological polar surface area (TPSA) is 46.3 Å². The minimum atomic E-state index is -0.103. The van der Waals surface area contributed by atoms with Gasteiger partial charge in [0, 0.05) is 11.3 Å². The van der Waals surface area contributed by atoms with Crippen LogP contribution in [-0.2, 0) is 0 Å². The van der Waals surface area contributed by atoms with E-state index in [1.54, 1.807) is 11.3 Å². The first-order valence-electron chi connectivity index (χ1n) is 6.42. The van der Waals surface area contributed by atoms with Crippen LogP contribution in [0, 0.1) is 6.92 Å². The lowest BCUT2D eigenvalue weighted by Gasteiger charge is -2.23. The molecule has 3 nitrogen and oxygen atoms in total. The molecule has 0 amide bonds. The lowest BCUT2D eigenvalue weighted by molar-refractivity contribution is 0.122. The number of hydrogen-bond donors (Lipinski definition) is 1. The average Bonchev–Trinajstić information content (AvgIpc) is 2.98. The standard InChI is InChI=1S/C14H17NO2S/c1-9-2-7-13(17-9)12-8-18-14(15-12)10-3-5-11(16)6-4-10/h2,7-8,10-11,16H,3-6H2,1H3. The molecule has 0 aliphatic heterocycles. The predicted octanol–water partition coefficient (Wildman–Crippen LogP) is 3.73. The van der Waals surface area contributed by atoms with Crippen molar-refractivity contribution in [3.63, 3.8) is 0 Å². The molecule has 0 spiro atoms. The highest BCUT2D eigenvalue weighted by molar-refractivity contribution is 7.10. The zero-order chi connectivity index (χ0) is 12.5. The van der Waals surface area contributed by atoms with Gasteiger partial charge < -0.3 is 9.52 Å². The fourth-order valence-corrected chi connectivity index (χ4v) is 3.46. The first kappa shape index (κ1) is 11.9. The summed E-state index contributed by atoms with van der Waals surface area (Å²) >= 11 is 1.71. The summed E-state index contributed by atoms with van der Waals surface area (Å²) in [5.74, 6) is 2.29. The number of rotatable bonds is 2. The van der Waals surface area contributed by atoms with Crippen molar-refractivity contribution in [2.24, 2.45) is 0 Å². The molecular formula is C14H17NO2S. The Morgan fingerprint density at radius 1 is 1.28 bits per heavy atom. The number of hydrogen-bond acceptors (Lipinski definition) is 4. The third kappa shape index (κ3) is 2.35. The number of aromatic nitrogens is 1. The van der Waals surface area contributed by atoms with Crippen LogP contribution in [0.3, 0.4) is 0 Å². The van der Waals surface area contributed by atoms with Crippen molar-refractivity contribution in [1.29, 1.82) is 0 Å². The van der Waals surface area contributed by atoms with E-state index in [1.807, 2.05) is 19.1 Å². The number of aryl methyl sites for hydroxylation is 1. The fraction of sp³-hybridized carbons (Fsp3) is 0.500. The van der Waals surface area contributed by atoms with Crippen LogP contribution in [0.4, 0.5) is 0 Å². The molecule has 0 unspecified atom stereocenters. The summed E-state index contributed by atoms with van der Waals surface area (Å²) < 4.78 is 5.59. The molecule has 1 aliphatic carbocycles. The summed E-state index contributed by atoms with van der Waals surface area (Å²) in [5, 5.41) is 12.8. The van der Waals surface area contributed by atoms with Crippen LogP contribution < -0.4 is 0 Å². The highest BCUT2D eigenvalue weighted by atomic mass is 32.1. The molecule has 0 bridgehead atoms. The molecule has 96 valence electrons. The molecule has 1 N–H and O–H groups in total. The van der Waals surface area contributed by atoms with E-state index in [2.05, 4.69) is 10.4 Å². The molecule has 0 radical (unpaired) electrons. The molecule has 1 fully saturated rings. The van der Waals surface area contributed by atoms with Gasteiger partial charge in [0.05, 0.1) is 11.1 Å². The minimum Gasteiger partial charge on any atom is -0.460 e. The fourth-order valence-electron chi connectivity index (χ4n) is 2.48. The van der Waals surface area contributed by atoms with E-state index in [-0.39, 0.29) is 6.10 Å². The molecular weight excluding hydrogens is 246 g/mol. The first-order chi connectivity index (χ1) is 8.72. The Kier molecular flexibility index (Phi) is 3.22. The molecule has 2 aromatic heterocycles. The summed E-state index contributed by atoms with van der Waals surface area (Å²) in [6.45, 7) is 1.94. The van der Waals surface area contributed by atoms with Gasteiger partial charge in [0.15, 0.2) is 5.76 Å². The third-order valence-electron chi connectivity index (χ3n) is 3.56. The second-order valence-electron chi connectivity index (χ2n) is 4.99. The van der Waals surface area contributed by atoms with Gasteiger partial charge in [-0.15, -0.1) is 11.3 Å². The van der Waals surface area contributed by atoms with E-state index >= 15 is 0 Å². The van der Waals surface area contributed by atoms with E-state index in [4.69, 9.17) is 4.42 Å². The summed E-state index contributed by atoms with van der Waals surface area (Å²) in [4.78, 5) is 4.69. The van der Waals surface area contributed by atoms with Gasteiger partial charge in [-0.2, -0.15) is 0 Å². The largest absolute Gasteiger partial charge is 0.460 e. The molecule has 1 aliphatic rings. The Morgan fingerprint density at radius 3 is 2.72 bits per heavy atom. The minimum absolute atomic E-state index is 0.103. The molecule has 1 saturated carbocycles. The summed E-state index contributed by atoms with van der Waals surface area (Å²) in [6.07, 6.45) is 3.79. The number of furan rings is 1. The SMILES string of the molecule is Cc1ccc(-c2csc(C3CCC(O)CC3)n2)o1. The van der Waals surface area contributed by atoms with Crippen molar-refractivity contribution in [2.75, 3.05) is 0 Å². The van der Waals surface area contributed by atoms with Crippen molar-refractivity contribution in [1.82, 2.24) is 4.98 Å². The van der Waals surface area contributed by atoms with E-state index in [1.165, 1.54) is 5.01 Å². The van der Waals surface area contributed by atoms with Gasteiger partial charge in [-0.1, -0.05) is 0 Å². The van der Waals surface area contributed by atoms with Crippen LogP contribution >= 0.6 is 11.3 Å². The molecule has 3 rings (SSSR count). The monoisotopic (exact) mass is 263 g/mol. The van der Waals surface area contributed by atoms with Crippen molar-refractivity contribution >= 4 is 11.3 Å². The van der Waals surface area contributed by atoms with Gasteiger partial charge in [0.2, 0.25) is 0 Å². The lowest BCUT2D eigenvalue weighted by atomic mass is 9.88. The lowest BCUT2D eigenvalue weighted by Crippen LogP contribution is -2.16. The Labute approximate surface area is 110 Å². The van der Waals surface area contributed by atoms with Crippen LogP contribution in [-0.4, -0.2) is 16.2 Å². The van der Waals surface area contributed by atoms with Crippen LogP contribution in [0.2, 0.25) is 0 Å². The van der Waals surface area contributed by atoms with E-state index < -0.39 is 0 Å². The second kappa shape index (κ2) is 4.86. The Bertz CT molecular complexity index is 523. The zero-order valence-corrected chi connectivity index (χ0v) is 11.2. The van der Waals surface area contributed by atoms with Gasteiger partial charge in [-0.25, -0.2) is 4.98 Å². The summed E-state index contributed by atoms with van der Waals surface area (Å²) in [7, 11) is 0. The van der Waals surface area contributed by atoms with Gasteiger partial charge in [0.1, 0.15) is 11.5 Å². The quantitative estimate of drug-likeness (QED) is 0.898. The average molecular weight is 263 g/mol. The van der Waals surface area contributed by atoms with Crippen LogP contribution in [0.15, 0.2) is 21.9 Å². The maximum absolute atomic E-state index is 9.53. The van der Waals surface area contributed by atoms with Crippen LogP contribution in [0.1, 0.15) is 42.4 Å². The second-order valence-corrected chi connectivity index (χ2v) is 5.88. The van der Waals surface area contributed by atoms with Crippen molar-refractivity contribution in [2.45, 2.75) is 44.6 Å². The number of aliphatic hydroxyl groups is 1. The predicted molar refractivity (Wildman–Crippen MR) is 71.8 cm³/mol.